The van der Waals surface area contributed by atoms with Crippen LogP contribution >= 0.6 is 0 Å². The molecule has 0 aliphatic heterocycles. The Bertz CT molecular complexity index is 1210. The van der Waals surface area contributed by atoms with Crippen molar-refractivity contribution in [3.8, 4) is 0 Å². The summed E-state index contributed by atoms with van der Waals surface area (Å²) in [5.74, 6) is 0.164. The maximum Gasteiger partial charge on any atom is 0.189 e. The van der Waals surface area contributed by atoms with Gasteiger partial charge >= 0.3 is 0 Å². The van der Waals surface area contributed by atoms with Crippen LogP contribution in [0.4, 0.5) is 0 Å². The van der Waals surface area contributed by atoms with Gasteiger partial charge in [-0.2, -0.15) is 0 Å². The molecule has 0 amide bonds. The van der Waals surface area contributed by atoms with E-state index in [2.05, 4.69) is 60.0 Å². The molecule has 26 heavy (non-hydrogen) atoms. The lowest BCUT2D eigenvalue weighted by atomic mass is 10.0. The average Bonchev–Trinajstić information content (AvgIpc) is 3.17. The molecule has 1 heterocycles. The number of ketones is 1. The topological polar surface area (TPSA) is 22.0 Å². The molecule has 0 bridgehead atoms. The molecule has 126 valence electrons. The Kier molecular flexibility index (Phi) is 3.32. The van der Waals surface area contributed by atoms with E-state index in [1.165, 1.54) is 21.8 Å². The first-order chi connectivity index (χ1) is 12.8. The van der Waals surface area contributed by atoms with Crippen molar-refractivity contribution in [2.75, 3.05) is 0 Å². The van der Waals surface area contributed by atoms with Gasteiger partial charge in [-0.25, -0.2) is 0 Å². The summed E-state index contributed by atoms with van der Waals surface area (Å²) in [5, 5.41) is 2.52. The van der Waals surface area contributed by atoms with E-state index in [-0.39, 0.29) is 5.78 Å². The van der Waals surface area contributed by atoms with E-state index in [4.69, 9.17) is 0 Å². The molecular formula is C24H19NO. The van der Waals surface area contributed by atoms with Gasteiger partial charge in [-0.1, -0.05) is 48.5 Å². The molecule has 0 N–H and O–H groups in total. The minimum atomic E-state index is 0.164. The fourth-order valence-corrected chi connectivity index (χ4v) is 4.17. The summed E-state index contributed by atoms with van der Waals surface area (Å²) in [6.07, 6.45) is 2.78. The number of para-hydroxylation sites is 1. The fraction of sp³-hybridized carbons (Fsp3) is 0.125. The van der Waals surface area contributed by atoms with Gasteiger partial charge in [0.25, 0.3) is 0 Å². The lowest BCUT2D eigenvalue weighted by Gasteiger charge is -2.03. The van der Waals surface area contributed by atoms with Crippen LogP contribution in [0, 0.1) is 0 Å². The molecule has 3 aromatic carbocycles. The Labute approximate surface area is 152 Å². The lowest BCUT2D eigenvalue weighted by Crippen LogP contribution is -1.95. The summed E-state index contributed by atoms with van der Waals surface area (Å²) in [6, 6.07) is 23.0. The molecule has 5 rings (SSSR count). The minimum Gasteiger partial charge on any atom is -0.341 e. The largest absolute Gasteiger partial charge is 0.341 e. The van der Waals surface area contributed by atoms with Crippen LogP contribution in [-0.2, 0) is 13.0 Å². The molecule has 0 saturated heterocycles. The van der Waals surface area contributed by atoms with Crippen LogP contribution in [0.3, 0.4) is 0 Å². The van der Waals surface area contributed by atoms with Crippen molar-refractivity contribution in [1.29, 1.82) is 0 Å². The molecule has 1 aromatic heterocycles. The standard InChI is InChI=1S/C24H19NO/c1-2-25-22-10-6-5-9-20(22)21-14-16(11-12-23(21)25)13-18-15-17-7-3-4-8-19(17)24(18)26/h3-14H,2,15H2,1H3. The number of hydrogen-bond donors (Lipinski definition) is 0. The van der Waals surface area contributed by atoms with Gasteiger partial charge in [-0.3, -0.25) is 4.79 Å². The molecule has 2 nitrogen and oxygen atoms in total. The van der Waals surface area contributed by atoms with Gasteiger partial charge in [-0.15, -0.1) is 0 Å². The molecule has 0 unspecified atom stereocenters. The van der Waals surface area contributed by atoms with Crippen LogP contribution in [0.2, 0.25) is 0 Å². The van der Waals surface area contributed by atoms with Crippen LogP contribution in [-0.4, -0.2) is 10.4 Å². The summed E-state index contributed by atoms with van der Waals surface area (Å²) in [4.78, 5) is 12.7. The van der Waals surface area contributed by atoms with Crippen molar-refractivity contribution in [3.63, 3.8) is 0 Å². The van der Waals surface area contributed by atoms with E-state index in [0.29, 0.717) is 0 Å². The average molecular weight is 337 g/mol. The second kappa shape index (κ2) is 5.70. The normalized spacial score (nSPS) is 15.3. The summed E-state index contributed by atoms with van der Waals surface area (Å²) in [7, 11) is 0. The van der Waals surface area contributed by atoms with Gasteiger partial charge in [0.2, 0.25) is 0 Å². The predicted molar refractivity (Wildman–Crippen MR) is 108 cm³/mol. The summed E-state index contributed by atoms with van der Waals surface area (Å²) < 4.78 is 2.35. The quantitative estimate of drug-likeness (QED) is 0.434. The number of nitrogens with zero attached hydrogens (tertiary/aromatic N) is 1. The molecular weight excluding hydrogens is 318 g/mol. The first-order valence-electron chi connectivity index (χ1n) is 9.10. The first kappa shape index (κ1) is 15.2. The summed E-state index contributed by atoms with van der Waals surface area (Å²) >= 11 is 0. The molecule has 0 spiro atoms. The number of allylic oxidation sites excluding steroid dienone is 1. The van der Waals surface area contributed by atoms with E-state index in [1.807, 2.05) is 24.3 Å². The number of carbonyl (C=O) groups excluding carboxylic acids is 1. The smallest absolute Gasteiger partial charge is 0.189 e. The van der Waals surface area contributed by atoms with Crippen LogP contribution in [0.15, 0.2) is 72.3 Å². The zero-order valence-corrected chi connectivity index (χ0v) is 14.7. The first-order valence-corrected chi connectivity index (χ1v) is 9.10. The Hall–Kier alpha value is -3.13. The van der Waals surface area contributed by atoms with E-state index in [0.717, 1.165) is 35.2 Å². The van der Waals surface area contributed by atoms with Crippen LogP contribution in [0.1, 0.15) is 28.4 Å². The third kappa shape index (κ3) is 2.15. The minimum absolute atomic E-state index is 0.164. The van der Waals surface area contributed by atoms with Crippen molar-refractivity contribution in [2.45, 2.75) is 19.9 Å². The molecule has 0 radical (unpaired) electrons. The molecule has 0 atom stereocenters. The highest BCUT2D eigenvalue weighted by atomic mass is 16.1. The number of aromatic nitrogens is 1. The maximum atomic E-state index is 12.7. The van der Waals surface area contributed by atoms with Crippen molar-refractivity contribution < 1.29 is 4.79 Å². The Morgan fingerprint density at radius 2 is 1.69 bits per heavy atom. The van der Waals surface area contributed by atoms with Crippen LogP contribution in [0.5, 0.6) is 0 Å². The van der Waals surface area contributed by atoms with Gasteiger partial charge in [0, 0.05) is 45.9 Å². The molecule has 0 saturated carbocycles. The van der Waals surface area contributed by atoms with Crippen molar-refractivity contribution in [2.24, 2.45) is 0 Å². The second-order valence-corrected chi connectivity index (χ2v) is 6.87. The number of fused-ring (bicyclic) bond motifs is 4. The zero-order chi connectivity index (χ0) is 17.7. The lowest BCUT2D eigenvalue weighted by molar-refractivity contribution is 0.104. The highest BCUT2D eigenvalue weighted by Crippen LogP contribution is 2.32. The van der Waals surface area contributed by atoms with E-state index < -0.39 is 0 Å². The highest BCUT2D eigenvalue weighted by molar-refractivity contribution is 6.16. The summed E-state index contributed by atoms with van der Waals surface area (Å²) in [5.41, 5.74) is 6.46. The fourth-order valence-electron chi connectivity index (χ4n) is 4.17. The molecule has 4 aromatic rings. The van der Waals surface area contributed by atoms with Gasteiger partial charge in [0.1, 0.15) is 0 Å². The third-order valence-electron chi connectivity index (χ3n) is 5.39. The monoisotopic (exact) mass is 337 g/mol. The second-order valence-electron chi connectivity index (χ2n) is 6.87. The van der Waals surface area contributed by atoms with Crippen molar-refractivity contribution in [1.82, 2.24) is 4.57 Å². The molecule has 1 aliphatic carbocycles. The van der Waals surface area contributed by atoms with Gasteiger partial charge in [0.05, 0.1) is 0 Å². The van der Waals surface area contributed by atoms with Crippen LogP contribution < -0.4 is 0 Å². The van der Waals surface area contributed by atoms with E-state index >= 15 is 0 Å². The summed E-state index contributed by atoms with van der Waals surface area (Å²) in [6.45, 7) is 3.12. The number of carbonyl (C=O) groups is 1. The molecule has 1 aliphatic rings. The van der Waals surface area contributed by atoms with Crippen molar-refractivity contribution >= 4 is 33.7 Å². The SMILES string of the molecule is CCn1c2ccccc2c2cc(C=C3Cc4ccccc4C3=O)ccc21. The number of aryl methyl sites for hydroxylation is 1. The van der Waals surface area contributed by atoms with Gasteiger partial charge < -0.3 is 4.57 Å². The van der Waals surface area contributed by atoms with Crippen molar-refractivity contribution in [3.05, 3.63) is 89.0 Å². The number of Topliss-reactive ketones (excluding diaryl/α,β-unsaturated/α-hetero) is 1. The maximum absolute atomic E-state index is 12.7. The van der Waals surface area contributed by atoms with Gasteiger partial charge in [0.15, 0.2) is 5.78 Å². The predicted octanol–water partition coefficient (Wildman–Crippen LogP) is 5.64. The number of hydrogen-bond acceptors (Lipinski definition) is 1. The Morgan fingerprint density at radius 3 is 2.54 bits per heavy atom. The Morgan fingerprint density at radius 1 is 0.923 bits per heavy atom. The van der Waals surface area contributed by atoms with Crippen LogP contribution in [0.25, 0.3) is 27.9 Å². The Balaban J connectivity index is 1.65. The van der Waals surface area contributed by atoms with E-state index in [9.17, 15) is 4.79 Å². The zero-order valence-electron chi connectivity index (χ0n) is 14.7. The highest BCUT2D eigenvalue weighted by Gasteiger charge is 2.23. The van der Waals surface area contributed by atoms with Gasteiger partial charge in [-0.05, 0) is 42.3 Å². The number of benzene rings is 3. The number of rotatable bonds is 2. The van der Waals surface area contributed by atoms with E-state index in [1.54, 1.807) is 0 Å². The third-order valence-corrected chi connectivity index (χ3v) is 5.39. The molecule has 0 fully saturated rings. The molecule has 2 heteroatoms.